The third-order valence-electron chi connectivity index (χ3n) is 2.97. The molecule has 0 N–H and O–H groups in total. The Hall–Kier alpha value is -1.39. The molecule has 0 saturated carbocycles. The highest BCUT2D eigenvalue weighted by atomic mass is 16.8. The smallest absolute Gasteiger partial charge is 0.232 e. The monoisotopic (exact) mass is 264 g/mol. The number of hydrogen-bond donors (Lipinski definition) is 0. The highest BCUT2D eigenvalue weighted by Crippen LogP contribution is 2.35. The first-order valence-corrected chi connectivity index (χ1v) is 6.57. The van der Waals surface area contributed by atoms with Gasteiger partial charge in [0.15, 0.2) is 17.3 Å². The van der Waals surface area contributed by atoms with Gasteiger partial charge < -0.3 is 14.2 Å². The molecule has 0 aliphatic carbocycles. The minimum absolute atomic E-state index is 0.00593. The van der Waals surface area contributed by atoms with E-state index in [0.29, 0.717) is 12.2 Å². The second-order valence-electron chi connectivity index (χ2n) is 5.10. The topological polar surface area (TPSA) is 44.8 Å². The third-order valence-corrected chi connectivity index (χ3v) is 2.97. The van der Waals surface area contributed by atoms with Gasteiger partial charge in [-0.15, -0.1) is 0 Å². The van der Waals surface area contributed by atoms with Crippen LogP contribution in [0.5, 0.6) is 0 Å². The molecule has 4 nitrogen and oxygen atoms in total. The molecule has 1 saturated heterocycles. The summed E-state index contributed by atoms with van der Waals surface area (Å²) in [4.78, 5) is 11.9. The Morgan fingerprint density at radius 2 is 2.26 bits per heavy atom. The summed E-state index contributed by atoms with van der Waals surface area (Å²) >= 11 is 0. The van der Waals surface area contributed by atoms with Crippen LogP contribution in [0.2, 0.25) is 0 Å². The molecule has 1 fully saturated rings. The molecule has 2 atom stereocenters. The summed E-state index contributed by atoms with van der Waals surface area (Å²) in [5, 5.41) is 0. The van der Waals surface area contributed by atoms with Crippen LogP contribution in [0.1, 0.15) is 33.1 Å². The van der Waals surface area contributed by atoms with Crippen LogP contribution in [0.4, 0.5) is 0 Å². The van der Waals surface area contributed by atoms with Gasteiger partial charge in [-0.25, -0.2) is 0 Å². The maximum atomic E-state index is 11.9. The van der Waals surface area contributed by atoms with Gasteiger partial charge in [0, 0.05) is 6.42 Å². The second kappa shape index (κ2) is 5.72. The molecule has 0 spiro atoms. The lowest BCUT2D eigenvalue weighted by molar-refractivity contribution is -0.182. The van der Waals surface area contributed by atoms with Gasteiger partial charge in [0.2, 0.25) is 6.29 Å². The molecule has 2 aliphatic rings. The standard InChI is InChI=1S/C15H20O4/c1-4-5-6-7-8-9-11(16)12-10-13-14(17-12)19-15(2,3)18-13/h4-6,10,13-14H,1,7-9H2,2-3H3/b6-5+/t13-,14-/m1/s1. The van der Waals surface area contributed by atoms with Crippen molar-refractivity contribution in [1.82, 2.24) is 0 Å². The maximum absolute atomic E-state index is 11.9. The number of unbranched alkanes of at least 4 members (excludes halogenated alkanes) is 1. The van der Waals surface area contributed by atoms with E-state index >= 15 is 0 Å². The molecule has 4 heteroatoms. The van der Waals surface area contributed by atoms with Crippen molar-refractivity contribution in [2.24, 2.45) is 0 Å². The lowest BCUT2D eigenvalue weighted by Gasteiger charge is -2.17. The zero-order valence-electron chi connectivity index (χ0n) is 11.4. The van der Waals surface area contributed by atoms with Crippen LogP contribution in [0.3, 0.4) is 0 Å². The molecule has 0 aromatic heterocycles. The predicted octanol–water partition coefficient (Wildman–Crippen LogP) is 2.86. The fourth-order valence-corrected chi connectivity index (χ4v) is 2.13. The summed E-state index contributed by atoms with van der Waals surface area (Å²) in [6.45, 7) is 7.25. The summed E-state index contributed by atoms with van der Waals surface area (Å²) in [5.74, 6) is -0.264. The van der Waals surface area contributed by atoms with Crippen molar-refractivity contribution in [3.05, 3.63) is 36.6 Å². The molecule has 2 rings (SSSR count). The predicted molar refractivity (Wildman–Crippen MR) is 71.2 cm³/mol. The van der Waals surface area contributed by atoms with E-state index in [1.165, 1.54) is 0 Å². The quantitative estimate of drug-likeness (QED) is 0.546. The summed E-state index contributed by atoms with van der Waals surface area (Å²) in [6, 6.07) is 0. The zero-order chi connectivity index (χ0) is 13.9. The van der Waals surface area contributed by atoms with E-state index in [2.05, 4.69) is 6.58 Å². The minimum Gasteiger partial charge on any atom is -0.458 e. The Morgan fingerprint density at radius 1 is 1.47 bits per heavy atom. The SMILES string of the molecule is C=C/C=C/CCCC(=O)C1=C[C@H]2OC(C)(C)O[C@H]2O1. The minimum atomic E-state index is -0.643. The van der Waals surface area contributed by atoms with Crippen LogP contribution in [0.25, 0.3) is 0 Å². The molecular formula is C15H20O4. The highest BCUT2D eigenvalue weighted by Gasteiger charge is 2.46. The largest absolute Gasteiger partial charge is 0.458 e. The Kier molecular flexibility index (Phi) is 4.22. The van der Waals surface area contributed by atoms with E-state index in [0.717, 1.165) is 12.8 Å². The molecule has 0 amide bonds. The van der Waals surface area contributed by atoms with Crippen LogP contribution < -0.4 is 0 Å². The van der Waals surface area contributed by atoms with Crippen molar-refractivity contribution < 1.29 is 19.0 Å². The number of carbonyl (C=O) groups excluding carboxylic acids is 1. The Balaban J connectivity index is 1.79. The first-order valence-electron chi connectivity index (χ1n) is 6.57. The van der Waals surface area contributed by atoms with Gasteiger partial charge in [-0.3, -0.25) is 4.79 Å². The van der Waals surface area contributed by atoms with Gasteiger partial charge in [0.05, 0.1) is 0 Å². The van der Waals surface area contributed by atoms with Gasteiger partial charge in [0.25, 0.3) is 0 Å². The molecule has 0 radical (unpaired) electrons. The first kappa shape index (κ1) is 14.0. The number of rotatable bonds is 6. The van der Waals surface area contributed by atoms with Gasteiger partial charge in [-0.1, -0.05) is 24.8 Å². The fraction of sp³-hybridized carbons (Fsp3) is 0.533. The molecule has 0 unspecified atom stereocenters. The van der Waals surface area contributed by atoms with Crippen molar-refractivity contribution in [2.75, 3.05) is 0 Å². The fourth-order valence-electron chi connectivity index (χ4n) is 2.13. The molecule has 0 aromatic rings. The molecular weight excluding hydrogens is 244 g/mol. The molecule has 19 heavy (non-hydrogen) atoms. The van der Waals surface area contributed by atoms with Gasteiger partial charge in [-0.2, -0.15) is 0 Å². The number of allylic oxidation sites excluding steroid dienone is 4. The van der Waals surface area contributed by atoms with Crippen molar-refractivity contribution >= 4 is 5.78 Å². The van der Waals surface area contributed by atoms with Crippen LogP contribution >= 0.6 is 0 Å². The van der Waals surface area contributed by atoms with Gasteiger partial charge in [0.1, 0.15) is 6.10 Å². The molecule has 2 heterocycles. The highest BCUT2D eigenvalue weighted by molar-refractivity contribution is 5.93. The normalized spacial score (nSPS) is 28.0. The van der Waals surface area contributed by atoms with E-state index < -0.39 is 12.1 Å². The number of ketones is 1. The number of ether oxygens (including phenoxy) is 3. The third kappa shape index (κ3) is 3.55. The number of carbonyl (C=O) groups is 1. The Labute approximate surface area is 113 Å². The lowest BCUT2D eigenvalue weighted by Crippen LogP contribution is -2.23. The molecule has 0 bridgehead atoms. The van der Waals surface area contributed by atoms with Crippen molar-refractivity contribution in [3.8, 4) is 0 Å². The van der Waals surface area contributed by atoms with Crippen molar-refractivity contribution in [3.63, 3.8) is 0 Å². The summed E-state index contributed by atoms with van der Waals surface area (Å²) in [5.41, 5.74) is 0. The summed E-state index contributed by atoms with van der Waals surface area (Å²) in [6.07, 6.45) is 8.70. The molecule has 0 aromatic carbocycles. The van der Waals surface area contributed by atoms with Gasteiger partial charge >= 0.3 is 0 Å². The Bertz CT molecular complexity index is 420. The zero-order valence-corrected chi connectivity index (χ0v) is 11.4. The van der Waals surface area contributed by atoms with Crippen molar-refractivity contribution in [1.29, 1.82) is 0 Å². The summed E-state index contributed by atoms with van der Waals surface area (Å²) < 4.78 is 16.6. The van der Waals surface area contributed by atoms with E-state index in [-0.39, 0.29) is 11.9 Å². The summed E-state index contributed by atoms with van der Waals surface area (Å²) in [7, 11) is 0. The van der Waals surface area contributed by atoms with Crippen LogP contribution in [0, 0.1) is 0 Å². The van der Waals surface area contributed by atoms with E-state index in [1.807, 2.05) is 26.0 Å². The van der Waals surface area contributed by atoms with Gasteiger partial charge in [-0.05, 0) is 32.8 Å². The molecule has 104 valence electrons. The lowest BCUT2D eigenvalue weighted by atomic mass is 10.1. The number of Topliss-reactive ketones (excluding diaryl/α,β-unsaturated/α-hetero) is 1. The maximum Gasteiger partial charge on any atom is 0.232 e. The Morgan fingerprint density at radius 3 is 2.95 bits per heavy atom. The number of fused-ring (bicyclic) bond motifs is 1. The average Bonchev–Trinajstić information content (AvgIpc) is 2.82. The van der Waals surface area contributed by atoms with E-state index in [4.69, 9.17) is 14.2 Å². The second-order valence-corrected chi connectivity index (χ2v) is 5.10. The van der Waals surface area contributed by atoms with Crippen LogP contribution in [-0.4, -0.2) is 24.0 Å². The number of hydrogen-bond acceptors (Lipinski definition) is 4. The first-order chi connectivity index (χ1) is 9.02. The van der Waals surface area contributed by atoms with Crippen LogP contribution in [-0.2, 0) is 19.0 Å². The van der Waals surface area contributed by atoms with Crippen LogP contribution in [0.15, 0.2) is 36.6 Å². The van der Waals surface area contributed by atoms with E-state index in [9.17, 15) is 4.79 Å². The molecule has 2 aliphatic heterocycles. The average molecular weight is 264 g/mol. The van der Waals surface area contributed by atoms with Crippen molar-refractivity contribution in [2.45, 2.75) is 51.3 Å². The van der Waals surface area contributed by atoms with E-state index in [1.54, 1.807) is 12.2 Å².